The van der Waals surface area contributed by atoms with Crippen molar-refractivity contribution in [2.24, 2.45) is 15.1 Å². The number of nitrogens with zero attached hydrogens (tertiary/aromatic N) is 5. The first-order chi connectivity index (χ1) is 14.0. The summed E-state index contributed by atoms with van der Waals surface area (Å²) in [4.78, 5) is 21.2. The number of carbonyl (C=O) groups excluding carboxylic acids is 1. The van der Waals surface area contributed by atoms with Gasteiger partial charge >= 0.3 is 5.84 Å². The highest BCUT2D eigenvalue weighted by Crippen LogP contribution is 2.39. The molecule has 2 bridgehead atoms. The van der Waals surface area contributed by atoms with Crippen LogP contribution in [0.1, 0.15) is 25.8 Å². The number of fused-ring (bicyclic) bond motifs is 4. The minimum absolute atomic E-state index is 0.0174. The summed E-state index contributed by atoms with van der Waals surface area (Å²) in [5, 5.41) is 17.1. The molecule has 9 nitrogen and oxygen atoms in total. The Hall–Kier alpha value is -2.88. The Morgan fingerprint density at radius 3 is 3.03 bits per heavy atom. The third-order valence-electron chi connectivity index (χ3n) is 6.54. The van der Waals surface area contributed by atoms with E-state index in [2.05, 4.69) is 26.0 Å². The minimum Gasteiger partial charge on any atom is -0.325 e. The predicted molar refractivity (Wildman–Crippen MR) is 111 cm³/mol. The van der Waals surface area contributed by atoms with Crippen LogP contribution < -0.4 is 16.0 Å². The summed E-state index contributed by atoms with van der Waals surface area (Å²) in [5.74, 6) is 1.35. The average Bonchev–Trinajstić information content (AvgIpc) is 3.44. The van der Waals surface area contributed by atoms with Crippen molar-refractivity contribution in [2.45, 2.75) is 37.8 Å². The molecular weight excluding hydrogens is 368 g/mol. The number of hydrogen-bond acceptors (Lipinski definition) is 7. The number of quaternary nitrogens is 1. The fourth-order valence-electron chi connectivity index (χ4n) is 4.91. The smallest absolute Gasteiger partial charge is 0.301 e. The van der Waals surface area contributed by atoms with Crippen LogP contribution in [0.2, 0.25) is 0 Å². The van der Waals surface area contributed by atoms with Crippen LogP contribution in [0.3, 0.4) is 0 Å². The van der Waals surface area contributed by atoms with E-state index in [0.717, 1.165) is 42.3 Å². The van der Waals surface area contributed by atoms with Gasteiger partial charge in [-0.2, -0.15) is 0 Å². The molecule has 5 heterocycles. The maximum atomic E-state index is 12.2. The van der Waals surface area contributed by atoms with Gasteiger partial charge in [-0.1, -0.05) is 6.07 Å². The Bertz CT molecular complexity index is 1050. The zero-order valence-corrected chi connectivity index (χ0v) is 16.4. The normalized spacial score (nSPS) is 33.4. The summed E-state index contributed by atoms with van der Waals surface area (Å²) in [7, 11) is 0. The molecule has 3 N–H and O–H groups in total. The molecule has 5 aliphatic rings. The van der Waals surface area contributed by atoms with Crippen molar-refractivity contribution in [3.05, 3.63) is 36.2 Å². The molecule has 1 aromatic carbocycles. The van der Waals surface area contributed by atoms with E-state index in [1.807, 2.05) is 38.2 Å². The monoisotopic (exact) mass is 391 g/mol. The van der Waals surface area contributed by atoms with Gasteiger partial charge < -0.3 is 16.0 Å². The Balaban J connectivity index is 1.32. The van der Waals surface area contributed by atoms with Crippen LogP contribution in [0.5, 0.6) is 0 Å². The number of piperazine rings is 1. The topological polar surface area (TPSA) is 93.5 Å². The molecule has 3 atom stereocenters. The number of nitrogens with one attached hydrogen (secondary N) is 3. The SMILES string of the molecule is CC1(C)C(=O)Nc2cc(NC3=N[N+]4(N5CC6CC5CN6)C=CN=CC4=N3)ccc21. The molecule has 6 rings (SSSR count). The molecule has 0 radical (unpaired) electrons. The van der Waals surface area contributed by atoms with E-state index in [1.165, 1.54) is 0 Å². The molecular formula is C20H23N8O+. The van der Waals surface area contributed by atoms with Gasteiger partial charge in [-0.3, -0.25) is 9.79 Å². The number of aliphatic imine (C=N–C) groups is 2. The van der Waals surface area contributed by atoms with E-state index >= 15 is 0 Å². The summed E-state index contributed by atoms with van der Waals surface area (Å²) in [5.41, 5.74) is 2.17. The summed E-state index contributed by atoms with van der Waals surface area (Å²) in [6.45, 7) is 5.77. The van der Waals surface area contributed by atoms with Crippen molar-refractivity contribution in [3.8, 4) is 0 Å². The molecule has 0 spiro atoms. The number of amides is 1. The first-order valence-electron chi connectivity index (χ1n) is 9.98. The van der Waals surface area contributed by atoms with Crippen LogP contribution >= 0.6 is 0 Å². The maximum Gasteiger partial charge on any atom is 0.301 e. The van der Waals surface area contributed by atoms with Crippen molar-refractivity contribution in [1.29, 1.82) is 0 Å². The molecule has 1 amide bonds. The van der Waals surface area contributed by atoms with Crippen LogP contribution in [0.15, 0.2) is 45.7 Å². The van der Waals surface area contributed by atoms with Gasteiger partial charge in [-0.05, 0) is 47.8 Å². The van der Waals surface area contributed by atoms with E-state index in [1.54, 1.807) is 12.4 Å². The molecule has 3 unspecified atom stereocenters. The van der Waals surface area contributed by atoms with Gasteiger partial charge in [0.25, 0.3) is 5.96 Å². The van der Waals surface area contributed by atoms with Crippen LogP contribution in [-0.4, -0.2) is 58.8 Å². The zero-order chi connectivity index (χ0) is 19.8. The Kier molecular flexibility index (Phi) is 3.28. The standard InChI is InChI=1S/C20H22N8O/c1-20(2)15-4-3-12(8-16(15)24-18(20)29)23-19-25-17-10-21-5-6-28(17,26-19)27-11-13-7-14(27)9-22-13/h3-6,8,10,13-14,22H,7,9,11H2,1-2H3,(H-,23,24,26,29)/p+1. The number of guanidine groups is 1. The van der Waals surface area contributed by atoms with Gasteiger partial charge in [-0.25, -0.2) is 0 Å². The Morgan fingerprint density at radius 2 is 2.24 bits per heavy atom. The van der Waals surface area contributed by atoms with Crippen LogP contribution in [0.4, 0.5) is 11.4 Å². The Labute approximate surface area is 168 Å². The fraction of sp³-hybridized carbons (Fsp3) is 0.400. The fourth-order valence-corrected chi connectivity index (χ4v) is 4.91. The lowest BCUT2D eigenvalue weighted by Gasteiger charge is -2.37. The highest BCUT2D eigenvalue weighted by atomic mass is 16.2. The van der Waals surface area contributed by atoms with Crippen molar-refractivity contribution in [2.75, 3.05) is 23.7 Å². The third-order valence-corrected chi connectivity index (χ3v) is 6.54. The number of hydrogen-bond donors (Lipinski definition) is 3. The quantitative estimate of drug-likeness (QED) is 0.664. The molecule has 0 saturated carbocycles. The summed E-state index contributed by atoms with van der Waals surface area (Å²) in [6.07, 6.45) is 6.69. The second-order valence-corrected chi connectivity index (χ2v) is 8.70. The van der Waals surface area contributed by atoms with Gasteiger partial charge in [-0.15, -0.1) is 10.0 Å². The molecule has 1 aromatic rings. The van der Waals surface area contributed by atoms with Crippen molar-refractivity contribution >= 4 is 35.3 Å². The third kappa shape index (κ3) is 2.32. The molecule has 9 heteroatoms. The van der Waals surface area contributed by atoms with Crippen molar-refractivity contribution in [3.63, 3.8) is 0 Å². The summed E-state index contributed by atoms with van der Waals surface area (Å²) < 4.78 is 0.239. The van der Waals surface area contributed by atoms with E-state index in [9.17, 15) is 4.79 Å². The van der Waals surface area contributed by atoms with Gasteiger partial charge in [0.05, 0.1) is 24.2 Å². The predicted octanol–water partition coefficient (Wildman–Crippen LogP) is 1.34. The van der Waals surface area contributed by atoms with Crippen molar-refractivity contribution in [1.82, 2.24) is 10.3 Å². The molecule has 0 aromatic heterocycles. The van der Waals surface area contributed by atoms with E-state index in [0.29, 0.717) is 18.0 Å². The Morgan fingerprint density at radius 1 is 1.34 bits per heavy atom. The van der Waals surface area contributed by atoms with Gasteiger partial charge in [0.2, 0.25) is 5.91 Å². The summed E-state index contributed by atoms with van der Waals surface area (Å²) >= 11 is 0. The molecule has 2 saturated heterocycles. The lowest BCUT2D eigenvalue weighted by Crippen LogP contribution is -2.62. The number of carbonyl (C=O) groups is 1. The first-order valence-corrected chi connectivity index (χ1v) is 9.98. The summed E-state index contributed by atoms with van der Waals surface area (Å²) in [6, 6.07) is 6.84. The molecule has 5 aliphatic heterocycles. The van der Waals surface area contributed by atoms with Gasteiger partial charge in [0.15, 0.2) is 6.20 Å². The van der Waals surface area contributed by atoms with Crippen LogP contribution in [0, 0.1) is 0 Å². The lowest BCUT2D eigenvalue weighted by molar-refractivity contribution is -0.920. The van der Waals surface area contributed by atoms with E-state index in [4.69, 9.17) is 10.1 Å². The van der Waals surface area contributed by atoms with Crippen molar-refractivity contribution < 1.29 is 9.50 Å². The number of rotatable bonds is 2. The zero-order valence-electron chi connectivity index (χ0n) is 16.4. The van der Waals surface area contributed by atoms with Gasteiger partial charge in [0, 0.05) is 24.0 Å². The second kappa shape index (κ2) is 5.59. The lowest BCUT2D eigenvalue weighted by atomic mass is 9.86. The average molecular weight is 391 g/mol. The largest absolute Gasteiger partial charge is 0.325 e. The molecule has 2 fully saturated rings. The van der Waals surface area contributed by atoms with E-state index in [-0.39, 0.29) is 10.6 Å². The number of anilines is 2. The molecule has 0 aliphatic carbocycles. The van der Waals surface area contributed by atoms with E-state index < -0.39 is 5.41 Å². The highest BCUT2D eigenvalue weighted by Gasteiger charge is 2.55. The molecule has 148 valence electrons. The van der Waals surface area contributed by atoms with Gasteiger partial charge in [0.1, 0.15) is 6.21 Å². The second-order valence-electron chi connectivity index (χ2n) is 8.70. The first kappa shape index (κ1) is 17.0. The van der Waals surface area contributed by atoms with Crippen LogP contribution in [0.25, 0.3) is 0 Å². The minimum atomic E-state index is -0.515. The molecule has 29 heavy (non-hydrogen) atoms. The number of amidine groups is 1. The van der Waals surface area contributed by atoms with Crippen LogP contribution in [-0.2, 0) is 10.2 Å². The highest BCUT2D eigenvalue weighted by molar-refractivity contribution is 6.30. The maximum absolute atomic E-state index is 12.2. The number of benzene rings is 1.